The number of nitrogens with one attached hydrogen (secondary N) is 1. The molecule has 1 aromatic carbocycles. The van der Waals surface area contributed by atoms with Gasteiger partial charge in [-0.25, -0.2) is 0 Å². The Morgan fingerprint density at radius 2 is 1.91 bits per heavy atom. The van der Waals surface area contributed by atoms with E-state index in [-0.39, 0.29) is 5.75 Å². The van der Waals surface area contributed by atoms with Gasteiger partial charge in [0.25, 0.3) is 0 Å². The highest BCUT2D eigenvalue weighted by Gasteiger charge is 1.89. The number of hydrogen-bond donors (Lipinski definition) is 3. The molecular weight excluding hydrogens is 208 g/mol. The van der Waals surface area contributed by atoms with Crippen molar-refractivity contribution in [3.63, 3.8) is 0 Å². The normalized spacial score (nSPS) is 7.73. The third kappa shape index (κ3) is 4.38. The van der Waals surface area contributed by atoms with E-state index in [2.05, 4.69) is 21.7 Å². The molecule has 4 N–H and O–H groups in total. The van der Waals surface area contributed by atoms with E-state index in [1.165, 1.54) is 0 Å². The maximum absolute atomic E-state index is 8.87. The zero-order valence-electron chi connectivity index (χ0n) is 5.79. The molecule has 0 radical (unpaired) electrons. The maximum atomic E-state index is 8.87. The smallest absolute Gasteiger partial charge is 0.129 e. The first-order valence-corrected chi connectivity index (χ1v) is 3.65. The first-order valence-electron chi connectivity index (χ1n) is 2.86. The van der Waals surface area contributed by atoms with Crippen LogP contribution in [0.25, 0.3) is 0 Å². The predicted octanol–water partition coefficient (Wildman–Crippen LogP) is 1.71. The van der Waals surface area contributed by atoms with Crippen LogP contribution in [-0.4, -0.2) is 11.4 Å². The van der Waals surface area contributed by atoms with E-state index < -0.39 is 0 Å². The lowest BCUT2D eigenvalue weighted by molar-refractivity contribution is 0.472. The Kier molecular flexibility index (Phi) is 5.20. The third-order valence-corrected chi connectivity index (χ3v) is 1.52. The fraction of sp³-hybridized carbons (Fsp3) is 0. The first-order chi connectivity index (χ1) is 5.22. The minimum atomic E-state index is 0.285. The molecule has 0 amide bonds. The Hall–Kier alpha value is -1.03. The summed E-state index contributed by atoms with van der Waals surface area (Å²) in [7, 11) is 0. The van der Waals surface area contributed by atoms with Gasteiger partial charge in [0.1, 0.15) is 5.75 Å². The molecular formula is C7H9BrN2O. The van der Waals surface area contributed by atoms with Crippen LogP contribution in [0.1, 0.15) is 0 Å². The largest absolute Gasteiger partial charge is 0.507 e. The molecule has 0 bridgehead atoms. The highest BCUT2D eigenvalue weighted by molar-refractivity contribution is 9.10. The highest BCUT2D eigenvalue weighted by Crippen LogP contribution is 2.21. The van der Waals surface area contributed by atoms with Crippen molar-refractivity contribution in [1.82, 2.24) is 0 Å². The van der Waals surface area contributed by atoms with Crippen molar-refractivity contribution in [3.8, 4) is 5.75 Å². The summed E-state index contributed by atoms with van der Waals surface area (Å²) >= 11 is 3.15. The summed E-state index contributed by atoms with van der Waals surface area (Å²) in [6.07, 6.45) is 0.750. The van der Waals surface area contributed by atoms with Crippen molar-refractivity contribution in [2.45, 2.75) is 0 Å². The standard InChI is InChI=1S/C6H5BrO.CH4N2/c7-5-3-1-2-4-6(5)8;2-1-3/h1-4,8H;1H,(H3,2,3). The van der Waals surface area contributed by atoms with Gasteiger partial charge in [0.05, 0.1) is 10.8 Å². The SMILES string of the molecule is N=CN.Oc1ccccc1Br. The van der Waals surface area contributed by atoms with Crippen LogP contribution in [0, 0.1) is 5.41 Å². The van der Waals surface area contributed by atoms with Gasteiger partial charge in [-0.2, -0.15) is 0 Å². The van der Waals surface area contributed by atoms with Crippen LogP contribution in [0.15, 0.2) is 28.7 Å². The van der Waals surface area contributed by atoms with E-state index in [9.17, 15) is 0 Å². The summed E-state index contributed by atoms with van der Waals surface area (Å²) in [6.45, 7) is 0. The second-order valence-corrected chi connectivity index (χ2v) is 2.47. The van der Waals surface area contributed by atoms with E-state index >= 15 is 0 Å². The number of phenols is 1. The van der Waals surface area contributed by atoms with Gasteiger partial charge in [-0.15, -0.1) is 0 Å². The minimum absolute atomic E-state index is 0.285. The molecule has 0 aliphatic carbocycles. The summed E-state index contributed by atoms with van der Waals surface area (Å²) in [5.74, 6) is 0.285. The van der Waals surface area contributed by atoms with Crippen LogP contribution >= 0.6 is 15.9 Å². The van der Waals surface area contributed by atoms with Crippen molar-refractivity contribution >= 4 is 22.3 Å². The third-order valence-electron chi connectivity index (χ3n) is 0.852. The zero-order chi connectivity index (χ0) is 8.69. The fourth-order valence-electron chi connectivity index (χ4n) is 0.452. The molecule has 3 nitrogen and oxygen atoms in total. The lowest BCUT2D eigenvalue weighted by Gasteiger charge is -1.90. The molecule has 4 heteroatoms. The topological polar surface area (TPSA) is 70.1 Å². The summed E-state index contributed by atoms with van der Waals surface area (Å²) in [6, 6.07) is 7.04. The number of nitrogens with two attached hydrogens (primary N) is 1. The molecule has 0 saturated heterocycles. The molecule has 0 unspecified atom stereocenters. The first kappa shape index (κ1) is 9.97. The average Bonchev–Trinajstić information content (AvgIpc) is 1.97. The van der Waals surface area contributed by atoms with E-state index in [1.54, 1.807) is 18.2 Å². The van der Waals surface area contributed by atoms with Crippen LogP contribution in [0.3, 0.4) is 0 Å². The van der Waals surface area contributed by atoms with Gasteiger partial charge in [-0.3, -0.25) is 5.41 Å². The molecule has 0 spiro atoms. The Balaban J connectivity index is 0.000000292. The van der Waals surface area contributed by atoms with E-state index in [4.69, 9.17) is 10.5 Å². The molecule has 0 aliphatic heterocycles. The van der Waals surface area contributed by atoms with Crippen LogP contribution < -0.4 is 5.73 Å². The number of aromatic hydroxyl groups is 1. The van der Waals surface area contributed by atoms with Gasteiger partial charge in [0.15, 0.2) is 0 Å². The minimum Gasteiger partial charge on any atom is -0.507 e. The monoisotopic (exact) mass is 216 g/mol. The van der Waals surface area contributed by atoms with Gasteiger partial charge in [0, 0.05) is 0 Å². The van der Waals surface area contributed by atoms with Gasteiger partial charge >= 0.3 is 0 Å². The summed E-state index contributed by atoms with van der Waals surface area (Å²) in [5, 5.41) is 14.7. The van der Waals surface area contributed by atoms with Gasteiger partial charge in [-0.1, -0.05) is 12.1 Å². The highest BCUT2D eigenvalue weighted by atomic mass is 79.9. The summed E-state index contributed by atoms with van der Waals surface area (Å²) in [5.41, 5.74) is 4.39. The zero-order valence-corrected chi connectivity index (χ0v) is 7.38. The molecule has 60 valence electrons. The molecule has 0 fully saturated rings. The summed E-state index contributed by atoms with van der Waals surface area (Å²) < 4.78 is 0.736. The second-order valence-electron chi connectivity index (χ2n) is 1.62. The Bertz CT molecular complexity index is 206. The van der Waals surface area contributed by atoms with E-state index in [1.807, 2.05) is 6.07 Å². The molecule has 11 heavy (non-hydrogen) atoms. The molecule has 0 aromatic heterocycles. The van der Waals surface area contributed by atoms with Gasteiger partial charge in [0.2, 0.25) is 0 Å². The van der Waals surface area contributed by atoms with Crippen molar-refractivity contribution < 1.29 is 5.11 Å². The van der Waals surface area contributed by atoms with Gasteiger partial charge < -0.3 is 10.8 Å². The van der Waals surface area contributed by atoms with Crippen molar-refractivity contribution in [1.29, 1.82) is 5.41 Å². The summed E-state index contributed by atoms with van der Waals surface area (Å²) in [4.78, 5) is 0. The maximum Gasteiger partial charge on any atom is 0.129 e. The number of phenolic OH excluding ortho intramolecular Hbond substituents is 1. The van der Waals surface area contributed by atoms with E-state index in [0.717, 1.165) is 10.8 Å². The van der Waals surface area contributed by atoms with Crippen LogP contribution in [0.2, 0.25) is 0 Å². The number of halogens is 1. The molecule has 0 aliphatic rings. The Morgan fingerprint density at radius 3 is 2.18 bits per heavy atom. The van der Waals surface area contributed by atoms with Crippen molar-refractivity contribution in [3.05, 3.63) is 28.7 Å². The van der Waals surface area contributed by atoms with Crippen molar-refractivity contribution in [2.24, 2.45) is 5.73 Å². The molecule has 0 heterocycles. The molecule has 0 saturated carbocycles. The number of benzene rings is 1. The Labute approximate surface area is 73.5 Å². The van der Waals surface area contributed by atoms with Crippen molar-refractivity contribution in [2.75, 3.05) is 0 Å². The number of para-hydroxylation sites is 1. The quantitative estimate of drug-likeness (QED) is 0.457. The second kappa shape index (κ2) is 5.73. The lowest BCUT2D eigenvalue weighted by Crippen LogP contribution is -1.81. The molecule has 1 aromatic rings. The molecule has 0 atom stereocenters. The van der Waals surface area contributed by atoms with Gasteiger partial charge in [-0.05, 0) is 28.1 Å². The van der Waals surface area contributed by atoms with Crippen LogP contribution in [-0.2, 0) is 0 Å². The van der Waals surface area contributed by atoms with Crippen LogP contribution in [0.5, 0.6) is 5.75 Å². The molecule has 1 rings (SSSR count). The Morgan fingerprint density at radius 1 is 1.45 bits per heavy atom. The lowest BCUT2D eigenvalue weighted by atomic mass is 10.3. The van der Waals surface area contributed by atoms with Crippen LogP contribution in [0.4, 0.5) is 0 Å². The van der Waals surface area contributed by atoms with E-state index in [0.29, 0.717) is 0 Å². The number of rotatable bonds is 0. The predicted molar refractivity (Wildman–Crippen MR) is 48.8 cm³/mol. The average molecular weight is 217 g/mol. The number of hydrogen-bond acceptors (Lipinski definition) is 2. The fourth-order valence-corrected chi connectivity index (χ4v) is 0.737.